The zero-order valence-corrected chi connectivity index (χ0v) is 14.5. The van der Waals surface area contributed by atoms with Crippen LogP contribution in [0.2, 0.25) is 0 Å². The fourth-order valence-corrected chi connectivity index (χ4v) is 4.73. The molecule has 3 heterocycles. The van der Waals surface area contributed by atoms with Crippen molar-refractivity contribution in [2.24, 2.45) is 0 Å². The van der Waals surface area contributed by atoms with Gasteiger partial charge in [0.25, 0.3) is 5.56 Å². The molecule has 114 valence electrons. The number of aromatic amines is 1. The molecule has 3 rings (SSSR count). The summed E-state index contributed by atoms with van der Waals surface area (Å²) in [6.07, 6.45) is 3.42. The molecule has 1 fully saturated rings. The number of nitrogens with one attached hydrogen (secondary N) is 1. The Kier molecular flexibility index (Phi) is 3.69. The van der Waals surface area contributed by atoms with Crippen LogP contribution in [0.15, 0.2) is 4.79 Å². The standard InChI is InChI=1S/C15H21N3OS2/c1-8-6-5-7-9(2)17(8)18-14(19)12-10(3)11(4)21-13(12)16-15(18)20/h8-9H,5-7H2,1-4H3,(H,16,20). The molecule has 2 aromatic rings. The number of nitrogens with zero attached hydrogens (tertiary/aromatic N) is 2. The van der Waals surface area contributed by atoms with Crippen LogP contribution in [-0.4, -0.2) is 21.7 Å². The lowest BCUT2D eigenvalue weighted by molar-refractivity contribution is 0.328. The van der Waals surface area contributed by atoms with E-state index < -0.39 is 0 Å². The molecule has 1 aliphatic heterocycles. The van der Waals surface area contributed by atoms with Crippen molar-refractivity contribution in [3.05, 3.63) is 25.6 Å². The van der Waals surface area contributed by atoms with Gasteiger partial charge in [0.15, 0.2) is 0 Å². The highest BCUT2D eigenvalue weighted by Crippen LogP contribution is 2.27. The van der Waals surface area contributed by atoms with Crippen LogP contribution in [0.3, 0.4) is 0 Å². The molecular weight excluding hydrogens is 302 g/mol. The van der Waals surface area contributed by atoms with Crippen molar-refractivity contribution in [3.63, 3.8) is 0 Å². The van der Waals surface area contributed by atoms with Crippen LogP contribution in [-0.2, 0) is 0 Å². The lowest BCUT2D eigenvalue weighted by Gasteiger charge is -2.41. The van der Waals surface area contributed by atoms with Gasteiger partial charge in [0.05, 0.1) is 5.39 Å². The Morgan fingerprint density at radius 1 is 1.24 bits per heavy atom. The van der Waals surface area contributed by atoms with Crippen LogP contribution in [0.4, 0.5) is 0 Å². The van der Waals surface area contributed by atoms with Crippen LogP contribution in [0.5, 0.6) is 0 Å². The van der Waals surface area contributed by atoms with Crippen molar-refractivity contribution in [1.82, 2.24) is 9.66 Å². The third-order valence-corrected chi connectivity index (χ3v) is 5.98. The molecule has 0 saturated carbocycles. The van der Waals surface area contributed by atoms with Crippen molar-refractivity contribution >= 4 is 33.8 Å². The largest absolute Gasteiger partial charge is 0.322 e. The first kappa shape index (κ1) is 14.8. The summed E-state index contributed by atoms with van der Waals surface area (Å²) in [5.41, 5.74) is 1.09. The fourth-order valence-electron chi connectivity index (χ4n) is 3.33. The summed E-state index contributed by atoms with van der Waals surface area (Å²) in [5, 5.41) is 2.95. The molecule has 2 unspecified atom stereocenters. The second kappa shape index (κ2) is 5.25. The highest BCUT2D eigenvalue weighted by Gasteiger charge is 2.27. The molecule has 0 aliphatic carbocycles. The molecular formula is C15H21N3OS2. The Hall–Kier alpha value is -1.14. The van der Waals surface area contributed by atoms with E-state index in [-0.39, 0.29) is 5.56 Å². The van der Waals surface area contributed by atoms with Crippen LogP contribution >= 0.6 is 23.6 Å². The summed E-state index contributed by atoms with van der Waals surface area (Å²) in [4.78, 5) is 18.3. The zero-order valence-electron chi connectivity index (χ0n) is 12.9. The lowest BCUT2D eigenvalue weighted by atomic mass is 10.00. The summed E-state index contributed by atoms with van der Waals surface area (Å²) in [6.45, 7) is 8.41. The van der Waals surface area contributed by atoms with E-state index in [0.29, 0.717) is 16.9 Å². The van der Waals surface area contributed by atoms with Crippen LogP contribution < -0.4 is 10.6 Å². The molecule has 21 heavy (non-hydrogen) atoms. The minimum Gasteiger partial charge on any atom is -0.322 e. The summed E-state index contributed by atoms with van der Waals surface area (Å²) in [7, 11) is 0. The predicted molar refractivity (Wildman–Crippen MR) is 91.7 cm³/mol. The molecule has 0 radical (unpaired) electrons. The highest BCUT2D eigenvalue weighted by molar-refractivity contribution is 7.71. The molecule has 1 aliphatic rings. The average molecular weight is 323 g/mol. The Morgan fingerprint density at radius 2 is 1.86 bits per heavy atom. The van der Waals surface area contributed by atoms with E-state index in [2.05, 4.69) is 23.8 Å². The number of hydrogen-bond acceptors (Lipinski definition) is 4. The van der Waals surface area contributed by atoms with Crippen molar-refractivity contribution in [2.45, 2.75) is 59.0 Å². The van der Waals surface area contributed by atoms with Gasteiger partial charge in [-0.1, -0.05) is 0 Å². The first-order valence-electron chi connectivity index (χ1n) is 7.45. The van der Waals surface area contributed by atoms with Crippen molar-refractivity contribution in [1.29, 1.82) is 0 Å². The maximum Gasteiger partial charge on any atom is 0.282 e. The van der Waals surface area contributed by atoms with Gasteiger partial charge in [-0.2, -0.15) is 4.68 Å². The van der Waals surface area contributed by atoms with E-state index in [9.17, 15) is 4.79 Å². The third kappa shape index (κ3) is 2.25. The Morgan fingerprint density at radius 3 is 2.48 bits per heavy atom. The number of aromatic nitrogens is 2. The van der Waals surface area contributed by atoms with Gasteiger partial charge in [-0.15, -0.1) is 11.3 Å². The van der Waals surface area contributed by atoms with Crippen molar-refractivity contribution in [2.75, 3.05) is 5.01 Å². The summed E-state index contributed by atoms with van der Waals surface area (Å²) >= 11 is 7.09. The molecule has 1 saturated heterocycles. The molecule has 1 N–H and O–H groups in total. The quantitative estimate of drug-likeness (QED) is 0.815. The van der Waals surface area contributed by atoms with Gasteiger partial charge >= 0.3 is 0 Å². The van der Waals surface area contributed by atoms with Gasteiger partial charge in [-0.25, -0.2) is 0 Å². The summed E-state index contributed by atoms with van der Waals surface area (Å²) < 4.78 is 2.21. The number of fused-ring (bicyclic) bond motifs is 1. The first-order chi connectivity index (χ1) is 9.91. The van der Waals surface area contributed by atoms with Gasteiger partial charge in [-0.3, -0.25) is 4.79 Å². The number of thiophene rings is 1. The van der Waals surface area contributed by atoms with Gasteiger partial charge in [0.1, 0.15) is 4.83 Å². The second-order valence-corrected chi connectivity index (χ2v) is 7.65. The minimum atomic E-state index is 0.0243. The number of rotatable bonds is 1. The molecule has 0 amide bonds. The Bertz CT molecular complexity index is 792. The monoisotopic (exact) mass is 323 g/mol. The number of piperidine rings is 1. The Labute approximate surface area is 133 Å². The molecule has 0 spiro atoms. The number of aryl methyl sites for hydroxylation is 2. The van der Waals surface area contributed by atoms with E-state index >= 15 is 0 Å². The summed E-state index contributed by atoms with van der Waals surface area (Å²) in [5.74, 6) is 0. The van der Waals surface area contributed by atoms with E-state index in [4.69, 9.17) is 12.2 Å². The summed E-state index contributed by atoms with van der Waals surface area (Å²) in [6, 6.07) is 0.665. The zero-order chi connectivity index (χ0) is 15.3. The number of H-pyrrole nitrogens is 1. The smallest absolute Gasteiger partial charge is 0.282 e. The molecule has 2 atom stereocenters. The third-order valence-electron chi connectivity index (χ3n) is 4.58. The van der Waals surface area contributed by atoms with E-state index in [1.54, 1.807) is 16.0 Å². The SMILES string of the molecule is Cc1sc2[nH]c(=S)n(N3C(C)CCCC3C)c(=O)c2c1C. The van der Waals surface area contributed by atoms with E-state index in [1.807, 2.05) is 13.8 Å². The van der Waals surface area contributed by atoms with Crippen LogP contribution in [0.1, 0.15) is 43.6 Å². The van der Waals surface area contributed by atoms with Crippen molar-refractivity contribution < 1.29 is 0 Å². The maximum atomic E-state index is 13.0. The van der Waals surface area contributed by atoms with Crippen LogP contribution in [0, 0.1) is 18.6 Å². The average Bonchev–Trinajstić information content (AvgIpc) is 2.68. The molecule has 6 heteroatoms. The minimum absolute atomic E-state index is 0.0243. The Balaban J connectivity index is 2.30. The maximum absolute atomic E-state index is 13.0. The van der Waals surface area contributed by atoms with Gasteiger partial charge in [0, 0.05) is 17.0 Å². The second-order valence-electron chi connectivity index (χ2n) is 6.04. The van der Waals surface area contributed by atoms with Gasteiger partial charge in [0.2, 0.25) is 4.77 Å². The van der Waals surface area contributed by atoms with Crippen molar-refractivity contribution in [3.8, 4) is 0 Å². The normalized spacial score (nSPS) is 23.0. The van der Waals surface area contributed by atoms with Crippen LogP contribution in [0.25, 0.3) is 10.2 Å². The van der Waals surface area contributed by atoms with E-state index in [1.165, 1.54) is 11.3 Å². The molecule has 0 aromatic carbocycles. The molecule has 0 bridgehead atoms. The predicted octanol–water partition coefficient (Wildman–Crippen LogP) is 3.64. The topological polar surface area (TPSA) is 41.0 Å². The molecule has 2 aromatic heterocycles. The van der Waals surface area contributed by atoms with Gasteiger partial charge < -0.3 is 9.99 Å². The highest BCUT2D eigenvalue weighted by atomic mass is 32.1. The first-order valence-corrected chi connectivity index (χ1v) is 8.68. The number of hydrogen-bond donors (Lipinski definition) is 1. The fraction of sp³-hybridized carbons (Fsp3) is 0.600. The lowest BCUT2D eigenvalue weighted by Crippen LogP contribution is -2.55. The van der Waals surface area contributed by atoms with Gasteiger partial charge in [-0.05, 0) is 64.7 Å². The van der Waals surface area contributed by atoms with E-state index in [0.717, 1.165) is 28.6 Å². The molecule has 4 nitrogen and oxygen atoms in total.